The lowest BCUT2D eigenvalue weighted by Crippen LogP contribution is -2.31. The zero-order valence-electron chi connectivity index (χ0n) is 9.69. The van der Waals surface area contributed by atoms with Crippen molar-refractivity contribution in [2.24, 2.45) is 5.73 Å². The molecule has 4 N–H and O–H groups in total. The third-order valence-corrected chi connectivity index (χ3v) is 2.37. The van der Waals surface area contributed by atoms with Crippen LogP contribution in [0.15, 0.2) is 24.3 Å². The molecule has 1 amide bonds. The van der Waals surface area contributed by atoms with Crippen molar-refractivity contribution in [2.45, 2.75) is 32.3 Å². The Morgan fingerprint density at radius 1 is 1.31 bits per heavy atom. The maximum Gasteiger partial charge on any atom is 0.405 e. The maximum absolute atomic E-state index is 10.7. The van der Waals surface area contributed by atoms with E-state index in [4.69, 9.17) is 16.2 Å². The average molecular weight is 222 g/mol. The molecule has 1 aromatic carbocycles. The Hall–Kier alpha value is -1.71. The van der Waals surface area contributed by atoms with Gasteiger partial charge in [0.05, 0.1) is 0 Å². The minimum Gasteiger partial charge on any atom is -0.444 e. The smallest absolute Gasteiger partial charge is 0.405 e. The van der Waals surface area contributed by atoms with Crippen molar-refractivity contribution in [1.29, 1.82) is 0 Å². The lowest BCUT2D eigenvalue weighted by Gasteiger charge is -2.23. The molecule has 1 aromatic rings. The Morgan fingerprint density at radius 3 is 2.38 bits per heavy atom. The molecule has 0 heterocycles. The van der Waals surface area contributed by atoms with Gasteiger partial charge in [0.15, 0.2) is 0 Å². The zero-order valence-corrected chi connectivity index (χ0v) is 9.69. The van der Waals surface area contributed by atoms with E-state index < -0.39 is 11.7 Å². The highest BCUT2D eigenvalue weighted by molar-refractivity contribution is 5.65. The summed E-state index contributed by atoms with van der Waals surface area (Å²) in [7, 11) is 0. The largest absolute Gasteiger partial charge is 0.444 e. The Bertz CT molecular complexity index is 358. The van der Waals surface area contributed by atoms with Crippen molar-refractivity contribution in [3.8, 4) is 0 Å². The lowest BCUT2D eigenvalue weighted by atomic mass is 9.98. The van der Waals surface area contributed by atoms with Gasteiger partial charge in [-0.2, -0.15) is 0 Å². The molecule has 0 spiro atoms. The number of carbonyl (C=O) groups excluding carboxylic acids is 1. The number of benzene rings is 1. The minimum absolute atomic E-state index is 0.535. The second-order valence-corrected chi connectivity index (χ2v) is 4.42. The van der Waals surface area contributed by atoms with E-state index in [1.807, 2.05) is 38.1 Å². The molecule has 0 saturated heterocycles. The Kier molecular flexibility index (Phi) is 3.77. The molecule has 0 saturated carbocycles. The van der Waals surface area contributed by atoms with Gasteiger partial charge >= 0.3 is 6.09 Å². The monoisotopic (exact) mass is 222 g/mol. The number of amides is 1. The van der Waals surface area contributed by atoms with Crippen molar-refractivity contribution in [2.75, 3.05) is 5.73 Å². The summed E-state index contributed by atoms with van der Waals surface area (Å²) in [6, 6.07) is 7.65. The number of aryl methyl sites for hydroxylation is 1. The minimum atomic E-state index is -0.734. The van der Waals surface area contributed by atoms with E-state index in [1.165, 1.54) is 0 Å². The highest BCUT2D eigenvalue weighted by Crippen LogP contribution is 2.18. The first-order valence-corrected chi connectivity index (χ1v) is 5.22. The molecule has 0 fully saturated rings. The average Bonchev–Trinajstić information content (AvgIpc) is 2.15. The molecule has 4 heteroatoms. The van der Waals surface area contributed by atoms with Crippen molar-refractivity contribution in [3.63, 3.8) is 0 Å². The zero-order chi connectivity index (χ0) is 12.2. The quantitative estimate of drug-likeness (QED) is 0.765. The molecule has 0 bridgehead atoms. The third kappa shape index (κ3) is 4.21. The number of anilines is 1. The van der Waals surface area contributed by atoms with E-state index in [9.17, 15) is 4.79 Å². The van der Waals surface area contributed by atoms with Crippen molar-refractivity contribution >= 4 is 11.8 Å². The van der Waals surface area contributed by atoms with E-state index in [2.05, 4.69) is 0 Å². The number of carbonyl (C=O) groups is 1. The molecular formula is C12H18N2O2. The Labute approximate surface area is 95.6 Å². The fourth-order valence-electron chi connectivity index (χ4n) is 1.45. The fourth-order valence-corrected chi connectivity index (χ4v) is 1.45. The van der Waals surface area contributed by atoms with Crippen LogP contribution >= 0.6 is 0 Å². The number of ether oxygens (including phenoxy) is 1. The van der Waals surface area contributed by atoms with Gasteiger partial charge in [0.1, 0.15) is 5.60 Å². The summed E-state index contributed by atoms with van der Waals surface area (Å²) in [5.74, 6) is 0. The van der Waals surface area contributed by atoms with Gasteiger partial charge in [-0.15, -0.1) is 0 Å². The summed E-state index contributed by atoms with van der Waals surface area (Å²) >= 11 is 0. The molecule has 0 unspecified atom stereocenters. The molecule has 88 valence electrons. The summed E-state index contributed by atoms with van der Waals surface area (Å²) < 4.78 is 5.00. The summed E-state index contributed by atoms with van der Waals surface area (Å²) in [5.41, 5.74) is 12.0. The molecule has 0 aliphatic heterocycles. The number of nitrogen functional groups attached to an aromatic ring is 1. The molecule has 0 radical (unpaired) electrons. The fraction of sp³-hybridized carbons (Fsp3) is 0.417. The van der Waals surface area contributed by atoms with Crippen molar-refractivity contribution in [1.82, 2.24) is 0 Å². The van der Waals surface area contributed by atoms with Crippen molar-refractivity contribution in [3.05, 3.63) is 29.8 Å². The number of hydrogen-bond acceptors (Lipinski definition) is 3. The van der Waals surface area contributed by atoms with Gasteiger partial charge in [-0.3, -0.25) is 0 Å². The molecule has 4 nitrogen and oxygen atoms in total. The van der Waals surface area contributed by atoms with Crippen LogP contribution in [0.5, 0.6) is 0 Å². The molecular weight excluding hydrogens is 204 g/mol. The molecule has 16 heavy (non-hydrogen) atoms. The highest BCUT2D eigenvalue weighted by atomic mass is 16.6. The number of rotatable bonds is 4. The second kappa shape index (κ2) is 4.88. The van der Waals surface area contributed by atoms with Crippen LogP contribution in [-0.2, 0) is 11.2 Å². The third-order valence-electron chi connectivity index (χ3n) is 2.37. The van der Waals surface area contributed by atoms with Crippen LogP contribution in [0, 0.1) is 0 Å². The number of primary amides is 1. The van der Waals surface area contributed by atoms with Gasteiger partial charge in [-0.1, -0.05) is 12.1 Å². The van der Waals surface area contributed by atoms with Crippen LogP contribution < -0.4 is 11.5 Å². The summed E-state index contributed by atoms with van der Waals surface area (Å²) in [5, 5.41) is 0. The van der Waals surface area contributed by atoms with Gasteiger partial charge in [0, 0.05) is 5.69 Å². The number of hydrogen-bond donors (Lipinski definition) is 2. The van der Waals surface area contributed by atoms with E-state index in [0.717, 1.165) is 24.1 Å². The molecule has 0 aliphatic rings. The standard InChI is InChI=1S/C12H18N2O2/c1-12(2,16-11(14)15)8-7-9-3-5-10(13)6-4-9/h3-6H,7-8,13H2,1-2H3,(H2,14,15). The van der Waals surface area contributed by atoms with Crippen LogP contribution in [0.25, 0.3) is 0 Å². The molecule has 0 aliphatic carbocycles. The Morgan fingerprint density at radius 2 is 1.88 bits per heavy atom. The molecule has 1 rings (SSSR count). The van der Waals surface area contributed by atoms with Gasteiger partial charge in [0.2, 0.25) is 0 Å². The first-order valence-electron chi connectivity index (χ1n) is 5.22. The predicted octanol–water partition coefficient (Wildman–Crippen LogP) is 2.08. The van der Waals surface area contributed by atoms with E-state index in [0.29, 0.717) is 0 Å². The number of nitrogens with two attached hydrogens (primary N) is 2. The molecule has 0 atom stereocenters. The summed E-state index contributed by atoms with van der Waals surface area (Å²) in [6.45, 7) is 3.68. The normalized spacial score (nSPS) is 11.1. The predicted molar refractivity (Wildman–Crippen MR) is 63.9 cm³/mol. The lowest BCUT2D eigenvalue weighted by molar-refractivity contribution is 0.0394. The molecule has 0 aromatic heterocycles. The van der Waals surface area contributed by atoms with Gasteiger partial charge < -0.3 is 16.2 Å². The van der Waals surface area contributed by atoms with Gasteiger partial charge in [-0.05, 0) is 44.4 Å². The van der Waals surface area contributed by atoms with E-state index >= 15 is 0 Å². The maximum atomic E-state index is 10.7. The first-order chi connectivity index (χ1) is 7.39. The SMILES string of the molecule is CC(C)(CCc1ccc(N)cc1)OC(N)=O. The van der Waals surface area contributed by atoms with Crippen LogP contribution in [0.4, 0.5) is 10.5 Å². The van der Waals surface area contributed by atoms with E-state index in [-0.39, 0.29) is 0 Å². The van der Waals surface area contributed by atoms with Crippen LogP contribution in [0.3, 0.4) is 0 Å². The van der Waals surface area contributed by atoms with Crippen molar-refractivity contribution < 1.29 is 9.53 Å². The van der Waals surface area contributed by atoms with Gasteiger partial charge in [-0.25, -0.2) is 4.79 Å². The van der Waals surface area contributed by atoms with Crippen LogP contribution in [0.1, 0.15) is 25.8 Å². The highest BCUT2D eigenvalue weighted by Gasteiger charge is 2.21. The second-order valence-electron chi connectivity index (χ2n) is 4.42. The summed E-state index contributed by atoms with van der Waals surface area (Å²) in [4.78, 5) is 10.7. The Balaban J connectivity index is 2.50. The first kappa shape index (κ1) is 12.4. The van der Waals surface area contributed by atoms with E-state index in [1.54, 1.807) is 0 Å². The summed E-state index contributed by atoms with van der Waals surface area (Å²) in [6.07, 6.45) is 0.808. The topological polar surface area (TPSA) is 78.3 Å². The van der Waals surface area contributed by atoms with Crippen LogP contribution in [0.2, 0.25) is 0 Å². The van der Waals surface area contributed by atoms with Gasteiger partial charge in [0.25, 0.3) is 0 Å². The van der Waals surface area contributed by atoms with Crippen LogP contribution in [-0.4, -0.2) is 11.7 Å².